The van der Waals surface area contributed by atoms with E-state index in [1.165, 1.54) is 0 Å². The molecular formula is C13H17ClN2O2. The maximum absolute atomic E-state index is 9.13. The van der Waals surface area contributed by atoms with Crippen molar-refractivity contribution < 1.29 is 9.47 Å². The van der Waals surface area contributed by atoms with E-state index in [1.54, 1.807) is 32.4 Å². The second-order valence-corrected chi connectivity index (χ2v) is 4.18. The second-order valence-electron chi connectivity index (χ2n) is 3.75. The Morgan fingerprint density at radius 3 is 2.33 bits per heavy atom. The van der Waals surface area contributed by atoms with Crippen molar-refractivity contribution in [3.63, 3.8) is 0 Å². The highest BCUT2D eigenvalue weighted by molar-refractivity contribution is 6.30. The molecule has 98 valence electrons. The topological polar surface area (TPSA) is 45.5 Å². The number of ether oxygens (including phenoxy) is 2. The van der Waals surface area contributed by atoms with E-state index in [-0.39, 0.29) is 0 Å². The third-order valence-electron chi connectivity index (χ3n) is 2.55. The van der Waals surface area contributed by atoms with Crippen molar-refractivity contribution in [3.05, 3.63) is 28.8 Å². The van der Waals surface area contributed by atoms with Gasteiger partial charge in [0.15, 0.2) is 0 Å². The Morgan fingerprint density at radius 1 is 1.22 bits per heavy atom. The first-order chi connectivity index (χ1) is 8.72. The van der Waals surface area contributed by atoms with Crippen molar-refractivity contribution in [1.82, 2.24) is 0 Å². The lowest BCUT2D eigenvalue weighted by Crippen LogP contribution is -2.31. The SMILES string of the molecule is COCCN(CCOC)c1cc(Cl)ccc1C#N. The number of benzene rings is 1. The van der Waals surface area contributed by atoms with Gasteiger partial charge in [0.1, 0.15) is 6.07 Å². The van der Waals surface area contributed by atoms with E-state index in [2.05, 4.69) is 6.07 Å². The summed E-state index contributed by atoms with van der Waals surface area (Å²) in [5.41, 5.74) is 1.42. The number of nitriles is 1. The zero-order chi connectivity index (χ0) is 13.4. The summed E-state index contributed by atoms with van der Waals surface area (Å²) in [5, 5.41) is 9.74. The van der Waals surface area contributed by atoms with Gasteiger partial charge in [0.05, 0.1) is 24.5 Å². The number of hydrogen-bond donors (Lipinski definition) is 0. The summed E-state index contributed by atoms with van der Waals surface area (Å²) in [6.07, 6.45) is 0. The molecule has 0 unspecified atom stereocenters. The second kappa shape index (κ2) is 7.93. The van der Waals surface area contributed by atoms with Crippen LogP contribution in [0.4, 0.5) is 5.69 Å². The molecule has 0 aliphatic heterocycles. The van der Waals surface area contributed by atoms with E-state index >= 15 is 0 Å². The zero-order valence-electron chi connectivity index (χ0n) is 10.6. The van der Waals surface area contributed by atoms with Crippen LogP contribution >= 0.6 is 11.6 Å². The average Bonchev–Trinajstić information content (AvgIpc) is 2.39. The van der Waals surface area contributed by atoms with Gasteiger partial charge in [-0.05, 0) is 18.2 Å². The Morgan fingerprint density at radius 2 is 1.83 bits per heavy atom. The van der Waals surface area contributed by atoms with Gasteiger partial charge in [0, 0.05) is 32.3 Å². The Kier molecular flexibility index (Phi) is 6.51. The fraction of sp³-hybridized carbons (Fsp3) is 0.462. The van der Waals surface area contributed by atoms with Crippen molar-refractivity contribution in [1.29, 1.82) is 5.26 Å². The molecule has 5 heteroatoms. The molecule has 0 spiro atoms. The molecule has 1 aromatic carbocycles. The lowest BCUT2D eigenvalue weighted by atomic mass is 10.1. The fourth-order valence-corrected chi connectivity index (χ4v) is 1.78. The molecule has 0 saturated carbocycles. The van der Waals surface area contributed by atoms with E-state index in [1.807, 2.05) is 4.90 Å². The fourth-order valence-electron chi connectivity index (χ4n) is 1.62. The van der Waals surface area contributed by atoms with Crippen LogP contribution in [0.15, 0.2) is 18.2 Å². The number of anilines is 1. The first kappa shape index (κ1) is 14.8. The van der Waals surface area contributed by atoms with E-state index in [0.717, 1.165) is 5.69 Å². The number of rotatable bonds is 7. The summed E-state index contributed by atoms with van der Waals surface area (Å²) >= 11 is 5.99. The molecule has 0 bridgehead atoms. The monoisotopic (exact) mass is 268 g/mol. The van der Waals surface area contributed by atoms with Crippen molar-refractivity contribution in [3.8, 4) is 6.07 Å². The summed E-state index contributed by atoms with van der Waals surface area (Å²) in [7, 11) is 3.30. The smallest absolute Gasteiger partial charge is 0.101 e. The molecule has 0 aliphatic carbocycles. The van der Waals surface area contributed by atoms with Gasteiger partial charge in [-0.1, -0.05) is 11.6 Å². The number of halogens is 1. The first-order valence-corrected chi connectivity index (χ1v) is 6.03. The van der Waals surface area contributed by atoms with Gasteiger partial charge in [0.2, 0.25) is 0 Å². The quantitative estimate of drug-likeness (QED) is 0.761. The molecule has 0 atom stereocenters. The van der Waals surface area contributed by atoms with Gasteiger partial charge in [-0.2, -0.15) is 5.26 Å². The normalized spacial score (nSPS) is 10.1. The van der Waals surface area contributed by atoms with Gasteiger partial charge in [-0.25, -0.2) is 0 Å². The standard InChI is InChI=1S/C13H17ClN2O2/c1-17-7-5-16(6-8-18-2)13-9-12(14)4-3-11(13)10-15/h3-4,9H,5-8H2,1-2H3. The van der Waals surface area contributed by atoms with Crippen LogP contribution in [0.5, 0.6) is 0 Å². The van der Waals surface area contributed by atoms with Crippen LogP contribution in [0.1, 0.15) is 5.56 Å². The van der Waals surface area contributed by atoms with E-state index in [4.69, 9.17) is 26.3 Å². The van der Waals surface area contributed by atoms with Crippen molar-refractivity contribution in [2.75, 3.05) is 45.4 Å². The van der Waals surface area contributed by atoms with Crippen molar-refractivity contribution >= 4 is 17.3 Å². The molecule has 1 aromatic rings. The van der Waals surface area contributed by atoms with Crippen molar-refractivity contribution in [2.45, 2.75) is 0 Å². The van der Waals surface area contributed by atoms with Crippen LogP contribution in [-0.4, -0.2) is 40.5 Å². The van der Waals surface area contributed by atoms with E-state index in [0.29, 0.717) is 36.9 Å². The van der Waals surface area contributed by atoms with E-state index < -0.39 is 0 Å². The molecule has 0 aromatic heterocycles. The Bertz CT molecular complexity index is 410. The lowest BCUT2D eigenvalue weighted by molar-refractivity contribution is 0.190. The van der Waals surface area contributed by atoms with Gasteiger partial charge < -0.3 is 14.4 Å². The van der Waals surface area contributed by atoms with Crippen LogP contribution < -0.4 is 4.90 Å². The van der Waals surface area contributed by atoms with Gasteiger partial charge >= 0.3 is 0 Å². The summed E-state index contributed by atoms with van der Waals surface area (Å²) in [5.74, 6) is 0. The zero-order valence-corrected chi connectivity index (χ0v) is 11.4. The molecule has 1 rings (SSSR count). The van der Waals surface area contributed by atoms with Crippen LogP contribution in [0.2, 0.25) is 5.02 Å². The molecule has 4 nitrogen and oxygen atoms in total. The highest BCUT2D eigenvalue weighted by Crippen LogP contribution is 2.24. The van der Waals surface area contributed by atoms with Gasteiger partial charge in [-0.15, -0.1) is 0 Å². The lowest BCUT2D eigenvalue weighted by Gasteiger charge is -2.25. The summed E-state index contributed by atoms with van der Waals surface area (Å²) in [6.45, 7) is 2.55. The molecule has 0 amide bonds. The maximum Gasteiger partial charge on any atom is 0.101 e. The first-order valence-electron chi connectivity index (χ1n) is 5.65. The minimum absolute atomic E-state index is 0.584. The molecule has 0 N–H and O–H groups in total. The highest BCUT2D eigenvalue weighted by atomic mass is 35.5. The highest BCUT2D eigenvalue weighted by Gasteiger charge is 2.11. The molecule has 0 radical (unpaired) electrons. The van der Waals surface area contributed by atoms with Gasteiger partial charge in [0.25, 0.3) is 0 Å². The average molecular weight is 269 g/mol. The Labute approximate surface area is 113 Å². The predicted octanol–water partition coefficient (Wildman–Crippen LogP) is 2.31. The summed E-state index contributed by atoms with van der Waals surface area (Å²) < 4.78 is 10.2. The minimum atomic E-state index is 0.584. The molecule has 0 aliphatic rings. The van der Waals surface area contributed by atoms with Crippen LogP contribution in [0.3, 0.4) is 0 Å². The summed E-state index contributed by atoms with van der Waals surface area (Å²) in [4.78, 5) is 2.04. The third kappa shape index (κ3) is 4.19. The van der Waals surface area contributed by atoms with Gasteiger partial charge in [-0.3, -0.25) is 0 Å². The van der Waals surface area contributed by atoms with Crippen LogP contribution in [0.25, 0.3) is 0 Å². The minimum Gasteiger partial charge on any atom is -0.383 e. The van der Waals surface area contributed by atoms with E-state index in [9.17, 15) is 0 Å². The maximum atomic E-state index is 9.13. The molecule has 0 fully saturated rings. The predicted molar refractivity (Wildman–Crippen MR) is 72.1 cm³/mol. The van der Waals surface area contributed by atoms with Crippen LogP contribution in [0, 0.1) is 11.3 Å². The Hall–Kier alpha value is -1.28. The molecule has 0 heterocycles. The third-order valence-corrected chi connectivity index (χ3v) is 2.79. The largest absolute Gasteiger partial charge is 0.383 e. The van der Waals surface area contributed by atoms with Crippen molar-refractivity contribution in [2.24, 2.45) is 0 Å². The number of hydrogen-bond acceptors (Lipinski definition) is 4. The summed E-state index contributed by atoms with van der Waals surface area (Å²) in [6, 6.07) is 7.41. The Balaban J connectivity index is 2.95. The molecular weight excluding hydrogens is 252 g/mol. The number of nitrogens with zero attached hydrogens (tertiary/aromatic N) is 2. The number of methoxy groups -OCH3 is 2. The van der Waals surface area contributed by atoms with Crippen LogP contribution in [-0.2, 0) is 9.47 Å². The molecule has 18 heavy (non-hydrogen) atoms. The molecule has 0 saturated heterocycles.